The lowest BCUT2D eigenvalue weighted by atomic mass is 10.1. The molecule has 1 heterocycles. The van der Waals surface area contributed by atoms with Crippen molar-refractivity contribution in [2.45, 2.75) is 32.9 Å². The first kappa shape index (κ1) is 21.6. The molecule has 1 N–H and O–H groups in total. The van der Waals surface area contributed by atoms with Gasteiger partial charge in [0.15, 0.2) is 6.61 Å². The van der Waals surface area contributed by atoms with Crippen LogP contribution in [-0.4, -0.2) is 29.0 Å². The number of nitrogens with one attached hydrogen (secondary N) is 1. The van der Waals surface area contributed by atoms with Gasteiger partial charge >= 0.3 is 5.97 Å². The van der Waals surface area contributed by atoms with Crippen LogP contribution < -0.4 is 10.1 Å². The van der Waals surface area contributed by atoms with Crippen LogP contribution in [0.5, 0.6) is 5.75 Å². The third-order valence-corrected chi connectivity index (χ3v) is 4.50. The number of amides is 1. The third-order valence-electron chi connectivity index (χ3n) is 3.27. The van der Waals surface area contributed by atoms with E-state index in [9.17, 15) is 19.7 Å². The minimum Gasteiger partial charge on any atom is -0.482 e. The monoisotopic (exact) mass is 426 g/mol. The summed E-state index contributed by atoms with van der Waals surface area (Å²) in [5.74, 6) is -0.810. The number of rotatable bonds is 7. The van der Waals surface area contributed by atoms with E-state index >= 15 is 0 Å². The average molecular weight is 427 g/mol. The standard InChI is InChI=1S/C18H19ClN2O6S/c1-18(2,3)27-16(22)10-26-12-5-4-11(13(8-12)21(24)25)9-20-17(23)14-6-7-15(19)28-14/h4-8H,9-10H2,1-3H3,(H,20,23). The number of halogens is 1. The van der Waals surface area contributed by atoms with Gasteiger partial charge in [0, 0.05) is 12.1 Å². The molecule has 150 valence electrons. The Bertz CT molecular complexity index is 890. The molecule has 0 aliphatic heterocycles. The van der Waals surface area contributed by atoms with Crippen molar-refractivity contribution in [1.29, 1.82) is 0 Å². The third kappa shape index (κ3) is 6.50. The summed E-state index contributed by atoms with van der Waals surface area (Å²) in [7, 11) is 0. The molecular weight excluding hydrogens is 408 g/mol. The number of carbonyl (C=O) groups excluding carboxylic acids is 2. The summed E-state index contributed by atoms with van der Waals surface area (Å²) in [5, 5.41) is 14.0. The summed E-state index contributed by atoms with van der Waals surface area (Å²) >= 11 is 6.91. The van der Waals surface area contributed by atoms with E-state index in [1.54, 1.807) is 32.9 Å². The molecule has 8 nitrogen and oxygen atoms in total. The number of nitrogens with zero attached hydrogens (tertiary/aromatic N) is 1. The van der Waals surface area contributed by atoms with Crippen LogP contribution in [0.1, 0.15) is 36.0 Å². The number of ether oxygens (including phenoxy) is 2. The average Bonchev–Trinajstić information content (AvgIpc) is 3.03. The van der Waals surface area contributed by atoms with Crippen molar-refractivity contribution < 1.29 is 24.0 Å². The van der Waals surface area contributed by atoms with Gasteiger partial charge in [-0.3, -0.25) is 14.9 Å². The first-order valence-electron chi connectivity index (χ1n) is 8.20. The highest BCUT2D eigenvalue weighted by molar-refractivity contribution is 7.17. The number of esters is 1. The van der Waals surface area contributed by atoms with Crippen molar-refractivity contribution in [3.8, 4) is 5.75 Å². The lowest BCUT2D eigenvalue weighted by Gasteiger charge is -2.19. The van der Waals surface area contributed by atoms with Crippen LogP contribution in [0.3, 0.4) is 0 Å². The fourth-order valence-electron chi connectivity index (χ4n) is 2.17. The van der Waals surface area contributed by atoms with Crippen LogP contribution in [0.2, 0.25) is 4.34 Å². The van der Waals surface area contributed by atoms with Gasteiger partial charge in [0.2, 0.25) is 0 Å². The second kappa shape index (κ2) is 9.03. The van der Waals surface area contributed by atoms with E-state index in [-0.39, 0.29) is 30.5 Å². The van der Waals surface area contributed by atoms with Crippen LogP contribution in [0, 0.1) is 10.1 Å². The molecule has 0 saturated heterocycles. The molecule has 0 spiro atoms. The molecule has 1 aromatic carbocycles. The molecule has 1 amide bonds. The van der Waals surface area contributed by atoms with Crippen molar-refractivity contribution in [1.82, 2.24) is 5.32 Å². The highest BCUT2D eigenvalue weighted by atomic mass is 35.5. The first-order valence-corrected chi connectivity index (χ1v) is 9.40. The van der Waals surface area contributed by atoms with Gasteiger partial charge in [0.25, 0.3) is 11.6 Å². The fourth-order valence-corrected chi connectivity index (χ4v) is 3.12. The summed E-state index contributed by atoms with van der Waals surface area (Å²) in [6.07, 6.45) is 0. The number of thiophene rings is 1. The second-order valence-corrected chi connectivity index (χ2v) is 8.42. The zero-order chi connectivity index (χ0) is 20.9. The summed E-state index contributed by atoms with van der Waals surface area (Å²) in [6, 6.07) is 7.32. The Labute approximate surface area is 170 Å². The molecule has 0 aliphatic rings. The quantitative estimate of drug-likeness (QED) is 0.408. The molecule has 0 aliphatic carbocycles. The fraction of sp³-hybridized carbons (Fsp3) is 0.333. The second-order valence-electron chi connectivity index (χ2n) is 6.71. The Morgan fingerprint density at radius 3 is 2.54 bits per heavy atom. The van der Waals surface area contributed by atoms with E-state index in [1.807, 2.05) is 0 Å². The number of nitro groups is 1. The van der Waals surface area contributed by atoms with E-state index in [2.05, 4.69) is 5.32 Å². The molecule has 1 aromatic heterocycles. The summed E-state index contributed by atoms with van der Waals surface area (Å²) in [5.41, 5.74) is -0.585. The van der Waals surface area contributed by atoms with E-state index in [0.29, 0.717) is 14.8 Å². The van der Waals surface area contributed by atoms with Gasteiger partial charge in [0.05, 0.1) is 20.2 Å². The first-order chi connectivity index (χ1) is 13.0. The Morgan fingerprint density at radius 1 is 1.25 bits per heavy atom. The predicted molar refractivity (Wildman–Crippen MR) is 105 cm³/mol. The van der Waals surface area contributed by atoms with Crippen molar-refractivity contribution in [3.05, 3.63) is 55.2 Å². The minimum atomic E-state index is -0.651. The van der Waals surface area contributed by atoms with Gasteiger partial charge in [0.1, 0.15) is 11.4 Å². The van der Waals surface area contributed by atoms with Gasteiger partial charge in [-0.05, 0) is 45.0 Å². The van der Waals surface area contributed by atoms with E-state index in [4.69, 9.17) is 21.1 Å². The van der Waals surface area contributed by atoms with Crippen LogP contribution >= 0.6 is 22.9 Å². The molecule has 10 heteroatoms. The van der Waals surface area contributed by atoms with Gasteiger partial charge < -0.3 is 14.8 Å². The Balaban J connectivity index is 2.03. The minimum absolute atomic E-state index is 0.0446. The molecule has 0 saturated carbocycles. The topological polar surface area (TPSA) is 108 Å². The molecule has 0 atom stereocenters. The smallest absolute Gasteiger partial charge is 0.344 e. The zero-order valence-electron chi connectivity index (χ0n) is 15.5. The molecule has 28 heavy (non-hydrogen) atoms. The number of hydrogen-bond donors (Lipinski definition) is 1. The normalized spacial score (nSPS) is 11.0. The predicted octanol–water partition coefficient (Wildman–Crippen LogP) is 3.96. The van der Waals surface area contributed by atoms with Crippen molar-refractivity contribution in [2.24, 2.45) is 0 Å². The van der Waals surface area contributed by atoms with Crippen LogP contribution in [0.25, 0.3) is 0 Å². The van der Waals surface area contributed by atoms with E-state index in [0.717, 1.165) is 11.3 Å². The number of carbonyl (C=O) groups is 2. The Kier molecular flexibility index (Phi) is 6.98. The molecule has 0 unspecified atom stereocenters. The molecule has 0 bridgehead atoms. The molecular formula is C18H19ClN2O6S. The highest BCUT2D eigenvalue weighted by Gasteiger charge is 2.19. The molecule has 2 aromatic rings. The van der Waals surface area contributed by atoms with E-state index in [1.165, 1.54) is 18.2 Å². The van der Waals surface area contributed by atoms with Crippen LogP contribution in [0.15, 0.2) is 30.3 Å². The molecule has 0 fully saturated rings. The maximum Gasteiger partial charge on any atom is 0.344 e. The van der Waals surface area contributed by atoms with Crippen molar-refractivity contribution >= 4 is 40.5 Å². The van der Waals surface area contributed by atoms with E-state index < -0.39 is 16.5 Å². The lowest BCUT2D eigenvalue weighted by Crippen LogP contribution is -2.27. The largest absolute Gasteiger partial charge is 0.482 e. The Hall–Kier alpha value is -2.65. The maximum atomic E-state index is 12.1. The summed E-state index contributed by atoms with van der Waals surface area (Å²) in [4.78, 5) is 34.9. The Morgan fingerprint density at radius 2 is 1.96 bits per heavy atom. The van der Waals surface area contributed by atoms with Gasteiger partial charge in [-0.2, -0.15) is 0 Å². The maximum absolute atomic E-state index is 12.1. The zero-order valence-corrected chi connectivity index (χ0v) is 17.1. The van der Waals surface area contributed by atoms with Crippen LogP contribution in [-0.2, 0) is 16.1 Å². The van der Waals surface area contributed by atoms with Crippen LogP contribution in [0.4, 0.5) is 5.69 Å². The molecule has 2 rings (SSSR count). The molecule has 0 radical (unpaired) electrons. The number of hydrogen-bond acceptors (Lipinski definition) is 7. The number of benzene rings is 1. The van der Waals surface area contributed by atoms with Gasteiger partial charge in [-0.25, -0.2) is 4.79 Å². The SMILES string of the molecule is CC(C)(C)OC(=O)COc1ccc(CNC(=O)c2ccc(Cl)s2)c([N+](=O)[O-])c1. The summed E-state index contributed by atoms with van der Waals surface area (Å²) in [6.45, 7) is 4.76. The van der Waals surface area contributed by atoms with Gasteiger partial charge in [-0.15, -0.1) is 11.3 Å². The highest BCUT2D eigenvalue weighted by Crippen LogP contribution is 2.26. The lowest BCUT2D eigenvalue weighted by molar-refractivity contribution is -0.385. The van der Waals surface area contributed by atoms with Crippen molar-refractivity contribution in [3.63, 3.8) is 0 Å². The van der Waals surface area contributed by atoms with Crippen molar-refractivity contribution in [2.75, 3.05) is 6.61 Å². The number of nitro benzene ring substituents is 1. The van der Waals surface area contributed by atoms with Gasteiger partial charge in [-0.1, -0.05) is 11.6 Å². The summed E-state index contributed by atoms with van der Waals surface area (Å²) < 4.78 is 10.9.